The predicted molar refractivity (Wildman–Crippen MR) is 61.8 cm³/mol. The smallest absolute Gasteiger partial charge is 0.133 e. The minimum Gasteiger partial charge on any atom is -0.399 e. The van der Waals surface area contributed by atoms with E-state index in [4.69, 9.17) is 5.73 Å². The minimum atomic E-state index is -0.284. The van der Waals surface area contributed by atoms with Gasteiger partial charge >= 0.3 is 0 Å². The molecule has 1 aromatic heterocycles. The van der Waals surface area contributed by atoms with Gasteiger partial charge < -0.3 is 5.73 Å². The van der Waals surface area contributed by atoms with Gasteiger partial charge in [-0.3, -0.25) is 0 Å². The summed E-state index contributed by atoms with van der Waals surface area (Å²) in [6.07, 6.45) is 0. The third-order valence-electron chi connectivity index (χ3n) is 1.85. The van der Waals surface area contributed by atoms with Crippen molar-refractivity contribution in [3.8, 4) is 10.4 Å². The monoisotopic (exact) mass is 271 g/mol. The summed E-state index contributed by atoms with van der Waals surface area (Å²) in [7, 11) is 0. The zero-order valence-corrected chi connectivity index (χ0v) is 9.53. The lowest BCUT2D eigenvalue weighted by atomic mass is 10.1. The fourth-order valence-electron chi connectivity index (χ4n) is 1.20. The number of benzene rings is 1. The molecule has 0 radical (unpaired) electrons. The molecule has 0 aliphatic heterocycles. The standard InChI is InChI=1S/C10H7BrFNS/c11-8-3-4-14-10(8)7-2-1-6(13)5-9(7)12/h1-5H,13H2. The van der Waals surface area contributed by atoms with E-state index in [0.717, 1.165) is 9.35 Å². The molecule has 0 aliphatic carbocycles. The molecule has 0 amide bonds. The molecule has 0 atom stereocenters. The van der Waals surface area contributed by atoms with Crippen LogP contribution in [0, 0.1) is 5.82 Å². The first kappa shape index (κ1) is 9.68. The number of nitrogens with two attached hydrogens (primary N) is 1. The molecule has 2 N–H and O–H groups in total. The van der Waals surface area contributed by atoms with E-state index in [0.29, 0.717) is 11.3 Å². The van der Waals surface area contributed by atoms with Crippen LogP contribution in [0.3, 0.4) is 0 Å². The molecular weight excluding hydrogens is 265 g/mol. The van der Waals surface area contributed by atoms with E-state index in [-0.39, 0.29) is 5.82 Å². The Kier molecular flexibility index (Phi) is 2.56. The van der Waals surface area contributed by atoms with Gasteiger partial charge in [-0.1, -0.05) is 0 Å². The highest BCUT2D eigenvalue weighted by molar-refractivity contribution is 9.10. The van der Waals surface area contributed by atoms with Gasteiger partial charge in [0.1, 0.15) is 5.82 Å². The molecule has 0 aliphatic rings. The maximum absolute atomic E-state index is 13.5. The van der Waals surface area contributed by atoms with E-state index in [9.17, 15) is 4.39 Å². The van der Waals surface area contributed by atoms with Crippen LogP contribution in [0.15, 0.2) is 34.1 Å². The minimum absolute atomic E-state index is 0.284. The van der Waals surface area contributed by atoms with Crippen LogP contribution in [0.4, 0.5) is 10.1 Å². The molecule has 0 spiro atoms. The van der Waals surface area contributed by atoms with Crippen molar-refractivity contribution in [3.63, 3.8) is 0 Å². The molecular formula is C10H7BrFNS. The van der Waals surface area contributed by atoms with Gasteiger partial charge in [0, 0.05) is 15.7 Å². The Morgan fingerprint density at radius 1 is 1.29 bits per heavy atom. The average molecular weight is 272 g/mol. The van der Waals surface area contributed by atoms with Gasteiger partial charge in [-0.15, -0.1) is 11.3 Å². The first-order valence-electron chi connectivity index (χ1n) is 3.97. The second-order valence-corrected chi connectivity index (χ2v) is 4.61. The highest BCUT2D eigenvalue weighted by Crippen LogP contribution is 2.35. The molecule has 2 aromatic rings. The number of thiophene rings is 1. The van der Waals surface area contributed by atoms with Crippen LogP contribution < -0.4 is 5.73 Å². The topological polar surface area (TPSA) is 26.0 Å². The normalized spacial score (nSPS) is 10.4. The Balaban J connectivity index is 2.58. The van der Waals surface area contributed by atoms with E-state index in [1.54, 1.807) is 12.1 Å². The van der Waals surface area contributed by atoms with E-state index in [1.807, 2.05) is 11.4 Å². The SMILES string of the molecule is Nc1ccc(-c2sccc2Br)c(F)c1. The highest BCUT2D eigenvalue weighted by Gasteiger charge is 2.09. The molecule has 0 fully saturated rings. The predicted octanol–water partition coefficient (Wildman–Crippen LogP) is 3.90. The van der Waals surface area contributed by atoms with Crippen molar-refractivity contribution in [2.24, 2.45) is 0 Å². The molecule has 1 heterocycles. The largest absolute Gasteiger partial charge is 0.399 e. The molecule has 0 unspecified atom stereocenters. The van der Waals surface area contributed by atoms with E-state index in [1.165, 1.54) is 17.4 Å². The van der Waals surface area contributed by atoms with Gasteiger partial charge in [0.05, 0.1) is 4.88 Å². The van der Waals surface area contributed by atoms with Crippen LogP contribution in [0.25, 0.3) is 10.4 Å². The Hall–Kier alpha value is -0.870. The highest BCUT2D eigenvalue weighted by atomic mass is 79.9. The number of anilines is 1. The Bertz CT molecular complexity index is 467. The number of rotatable bonds is 1. The molecule has 1 nitrogen and oxygen atoms in total. The van der Waals surface area contributed by atoms with Crippen LogP contribution in [-0.2, 0) is 0 Å². The van der Waals surface area contributed by atoms with Crippen molar-refractivity contribution in [1.82, 2.24) is 0 Å². The van der Waals surface area contributed by atoms with Crippen LogP contribution in [0.1, 0.15) is 0 Å². The lowest BCUT2D eigenvalue weighted by molar-refractivity contribution is 0.632. The molecule has 72 valence electrons. The molecule has 1 aromatic carbocycles. The first-order chi connectivity index (χ1) is 6.68. The van der Waals surface area contributed by atoms with Gasteiger partial charge in [0.25, 0.3) is 0 Å². The zero-order chi connectivity index (χ0) is 10.1. The molecule has 2 rings (SSSR count). The number of hydrogen-bond donors (Lipinski definition) is 1. The molecule has 0 saturated carbocycles. The van der Waals surface area contributed by atoms with Gasteiger partial charge in [-0.25, -0.2) is 4.39 Å². The fraction of sp³-hybridized carbons (Fsp3) is 0. The van der Waals surface area contributed by atoms with Crippen LogP contribution in [0.5, 0.6) is 0 Å². The quantitative estimate of drug-likeness (QED) is 0.783. The Labute approximate surface area is 93.5 Å². The van der Waals surface area contributed by atoms with E-state index < -0.39 is 0 Å². The number of hydrogen-bond acceptors (Lipinski definition) is 2. The third kappa shape index (κ3) is 1.67. The summed E-state index contributed by atoms with van der Waals surface area (Å²) in [5.41, 5.74) is 6.50. The van der Waals surface area contributed by atoms with Crippen molar-refractivity contribution < 1.29 is 4.39 Å². The van der Waals surface area contributed by atoms with Crippen molar-refractivity contribution in [2.75, 3.05) is 5.73 Å². The van der Waals surface area contributed by atoms with Crippen molar-refractivity contribution in [3.05, 3.63) is 39.9 Å². The summed E-state index contributed by atoms with van der Waals surface area (Å²) in [6, 6.07) is 6.63. The van der Waals surface area contributed by atoms with Crippen LogP contribution in [0.2, 0.25) is 0 Å². The summed E-state index contributed by atoms with van der Waals surface area (Å²) in [6.45, 7) is 0. The summed E-state index contributed by atoms with van der Waals surface area (Å²) in [5.74, 6) is -0.284. The maximum Gasteiger partial charge on any atom is 0.133 e. The third-order valence-corrected chi connectivity index (χ3v) is 3.73. The summed E-state index contributed by atoms with van der Waals surface area (Å²) >= 11 is 4.86. The lowest BCUT2D eigenvalue weighted by Gasteiger charge is -2.02. The fourth-order valence-corrected chi connectivity index (χ4v) is 2.82. The summed E-state index contributed by atoms with van der Waals surface area (Å²) < 4.78 is 14.4. The average Bonchev–Trinajstić information content (AvgIpc) is 2.52. The zero-order valence-electron chi connectivity index (χ0n) is 7.13. The van der Waals surface area contributed by atoms with Crippen LogP contribution >= 0.6 is 27.3 Å². The van der Waals surface area contributed by atoms with Crippen molar-refractivity contribution in [2.45, 2.75) is 0 Å². The van der Waals surface area contributed by atoms with Crippen LogP contribution in [-0.4, -0.2) is 0 Å². The lowest BCUT2D eigenvalue weighted by Crippen LogP contribution is -1.88. The van der Waals surface area contributed by atoms with E-state index >= 15 is 0 Å². The van der Waals surface area contributed by atoms with Crippen molar-refractivity contribution in [1.29, 1.82) is 0 Å². The molecule has 0 bridgehead atoms. The first-order valence-corrected chi connectivity index (χ1v) is 5.64. The van der Waals surface area contributed by atoms with Gasteiger partial charge in [-0.2, -0.15) is 0 Å². The maximum atomic E-state index is 13.5. The van der Waals surface area contributed by atoms with Gasteiger partial charge in [0.15, 0.2) is 0 Å². The number of halogens is 2. The second kappa shape index (κ2) is 3.71. The Morgan fingerprint density at radius 3 is 2.64 bits per heavy atom. The number of nitrogen functional groups attached to an aromatic ring is 1. The molecule has 14 heavy (non-hydrogen) atoms. The van der Waals surface area contributed by atoms with E-state index in [2.05, 4.69) is 15.9 Å². The Morgan fingerprint density at radius 2 is 2.07 bits per heavy atom. The van der Waals surface area contributed by atoms with Gasteiger partial charge in [0.2, 0.25) is 0 Å². The summed E-state index contributed by atoms with van der Waals surface area (Å²) in [4.78, 5) is 0.891. The molecule has 4 heteroatoms. The second-order valence-electron chi connectivity index (χ2n) is 2.84. The van der Waals surface area contributed by atoms with Crippen molar-refractivity contribution >= 4 is 33.0 Å². The molecule has 0 saturated heterocycles. The summed E-state index contributed by atoms with van der Waals surface area (Å²) in [5, 5.41) is 1.91. The van der Waals surface area contributed by atoms with Gasteiger partial charge in [-0.05, 0) is 45.6 Å².